The van der Waals surface area contributed by atoms with E-state index in [-0.39, 0.29) is 0 Å². The molecule has 0 amide bonds. The minimum atomic E-state index is 0.505. The van der Waals surface area contributed by atoms with E-state index >= 15 is 0 Å². The highest BCUT2D eigenvalue weighted by Crippen LogP contribution is 2.32. The predicted molar refractivity (Wildman–Crippen MR) is 83.6 cm³/mol. The first-order chi connectivity index (χ1) is 10.4. The molecule has 2 aromatic rings. The fourth-order valence-electron chi connectivity index (χ4n) is 1.93. The zero-order valence-corrected chi connectivity index (χ0v) is 12.5. The number of para-hydroxylation sites is 1. The second-order valence-corrected chi connectivity index (χ2v) is 4.52. The van der Waals surface area contributed by atoms with E-state index in [1.165, 1.54) is 0 Å². The molecule has 5 nitrogen and oxygen atoms in total. The SMILES string of the molecule is CCCNc1nccnc1-c1ccccc1OCCOC. The smallest absolute Gasteiger partial charge is 0.152 e. The Balaban J connectivity index is 2.28. The maximum Gasteiger partial charge on any atom is 0.152 e. The van der Waals surface area contributed by atoms with Crippen LogP contribution >= 0.6 is 0 Å². The molecule has 0 spiro atoms. The quantitative estimate of drug-likeness (QED) is 0.756. The molecule has 0 fully saturated rings. The summed E-state index contributed by atoms with van der Waals surface area (Å²) in [5.41, 5.74) is 1.74. The van der Waals surface area contributed by atoms with Crippen molar-refractivity contribution >= 4 is 5.82 Å². The number of ether oxygens (including phenoxy) is 2. The third kappa shape index (κ3) is 4.16. The number of hydrogen-bond donors (Lipinski definition) is 1. The normalized spacial score (nSPS) is 10.4. The summed E-state index contributed by atoms with van der Waals surface area (Å²) < 4.78 is 10.8. The number of nitrogens with one attached hydrogen (secondary N) is 1. The van der Waals surface area contributed by atoms with E-state index in [0.717, 1.165) is 35.8 Å². The average molecular weight is 287 g/mol. The van der Waals surface area contributed by atoms with Crippen LogP contribution in [-0.2, 0) is 4.74 Å². The molecule has 0 radical (unpaired) electrons. The molecule has 0 unspecified atom stereocenters. The first-order valence-corrected chi connectivity index (χ1v) is 7.12. The Morgan fingerprint density at radius 2 is 1.90 bits per heavy atom. The summed E-state index contributed by atoms with van der Waals surface area (Å²) in [6.45, 7) is 4.03. The molecule has 0 saturated carbocycles. The molecular formula is C16H21N3O2. The highest BCUT2D eigenvalue weighted by Gasteiger charge is 2.12. The first kappa shape index (κ1) is 15.3. The number of hydrogen-bond acceptors (Lipinski definition) is 5. The van der Waals surface area contributed by atoms with Crippen molar-refractivity contribution in [3.05, 3.63) is 36.7 Å². The van der Waals surface area contributed by atoms with Crippen LogP contribution in [0.1, 0.15) is 13.3 Å². The molecule has 0 aliphatic heterocycles. The van der Waals surface area contributed by atoms with Crippen molar-refractivity contribution in [2.45, 2.75) is 13.3 Å². The first-order valence-electron chi connectivity index (χ1n) is 7.12. The minimum Gasteiger partial charge on any atom is -0.490 e. The van der Waals surface area contributed by atoms with Gasteiger partial charge in [-0.1, -0.05) is 19.1 Å². The molecule has 21 heavy (non-hydrogen) atoms. The van der Waals surface area contributed by atoms with Gasteiger partial charge in [0.2, 0.25) is 0 Å². The van der Waals surface area contributed by atoms with E-state index in [4.69, 9.17) is 9.47 Å². The fourth-order valence-corrected chi connectivity index (χ4v) is 1.93. The molecule has 1 aromatic carbocycles. The molecule has 1 heterocycles. The maximum atomic E-state index is 5.77. The largest absolute Gasteiger partial charge is 0.490 e. The molecule has 1 aromatic heterocycles. The van der Waals surface area contributed by atoms with Gasteiger partial charge in [0.15, 0.2) is 5.82 Å². The van der Waals surface area contributed by atoms with Crippen LogP contribution in [0.15, 0.2) is 36.7 Å². The monoisotopic (exact) mass is 287 g/mol. The number of methoxy groups -OCH3 is 1. The van der Waals surface area contributed by atoms with E-state index < -0.39 is 0 Å². The Labute approximate surface area is 125 Å². The summed E-state index contributed by atoms with van der Waals surface area (Å²) in [5, 5.41) is 3.30. The summed E-state index contributed by atoms with van der Waals surface area (Å²) in [4.78, 5) is 8.83. The van der Waals surface area contributed by atoms with Crippen LogP contribution in [0.25, 0.3) is 11.3 Å². The fraction of sp³-hybridized carbons (Fsp3) is 0.375. The summed E-state index contributed by atoms with van der Waals surface area (Å²) >= 11 is 0. The second-order valence-electron chi connectivity index (χ2n) is 4.52. The Morgan fingerprint density at radius 1 is 1.10 bits per heavy atom. The van der Waals surface area contributed by atoms with E-state index in [1.807, 2.05) is 24.3 Å². The molecule has 1 N–H and O–H groups in total. The van der Waals surface area contributed by atoms with Gasteiger partial charge in [-0.3, -0.25) is 4.98 Å². The van der Waals surface area contributed by atoms with Gasteiger partial charge in [-0.25, -0.2) is 4.98 Å². The van der Waals surface area contributed by atoms with E-state index in [1.54, 1.807) is 19.5 Å². The molecule has 0 saturated heterocycles. The van der Waals surface area contributed by atoms with Crippen molar-refractivity contribution < 1.29 is 9.47 Å². The lowest BCUT2D eigenvalue weighted by atomic mass is 10.1. The van der Waals surface area contributed by atoms with Crippen LogP contribution < -0.4 is 10.1 Å². The summed E-state index contributed by atoms with van der Waals surface area (Å²) in [5.74, 6) is 1.57. The highest BCUT2D eigenvalue weighted by molar-refractivity contribution is 5.76. The Hall–Kier alpha value is -2.14. The van der Waals surface area contributed by atoms with Gasteiger partial charge in [0.1, 0.15) is 18.1 Å². The van der Waals surface area contributed by atoms with Crippen molar-refractivity contribution in [3.63, 3.8) is 0 Å². The van der Waals surface area contributed by atoms with Gasteiger partial charge in [0.25, 0.3) is 0 Å². The van der Waals surface area contributed by atoms with Gasteiger partial charge in [0.05, 0.1) is 6.61 Å². The Kier molecular flexibility index (Phi) is 5.97. The van der Waals surface area contributed by atoms with Gasteiger partial charge < -0.3 is 14.8 Å². The van der Waals surface area contributed by atoms with E-state index in [2.05, 4.69) is 22.2 Å². The van der Waals surface area contributed by atoms with Gasteiger partial charge in [-0.05, 0) is 18.6 Å². The third-order valence-electron chi connectivity index (χ3n) is 2.93. The maximum absolute atomic E-state index is 5.77. The molecule has 0 bridgehead atoms. The standard InChI is InChI=1S/C16H21N3O2/c1-3-8-18-16-15(17-9-10-19-16)13-6-4-5-7-14(13)21-12-11-20-2/h4-7,9-10H,3,8,11-12H2,1-2H3,(H,18,19). The van der Waals surface area contributed by atoms with E-state index in [0.29, 0.717) is 13.2 Å². The second kappa shape index (κ2) is 8.21. The number of nitrogens with zero attached hydrogens (tertiary/aromatic N) is 2. The van der Waals surface area contributed by atoms with Crippen LogP contribution in [0, 0.1) is 0 Å². The van der Waals surface area contributed by atoms with E-state index in [9.17, 15) is 0 Å². The van der Waals surface area contributed by atoms with Crippen molar-refractivity contribution in [2.24, 2.45) is 0 Å². The number of aromatic nitrogens is 2. The van der Waals surface area contributed by atoms with Gasteiger partial charge in [-0.2, -0.15) is 0 Å². The number of benzene rings is 1. The predicted octanol–water partition coefficient (Wildman–Crippen LogP) is 2.99. The third-order valence-corrected chi connectivity index (χ3v) is 2.93. The number of rotatable bonds is 8. The molecular weight excluding hydrogens is 266 g/mol. The molecule has 0 atom stereocenters. The zero-order valence-electron chi connectivity index (χ0n) is 12.5. The van der Waals surface area contributed by atoms with Crippen molar-refractivity contribution in [1.29, 1.82) is 0 Å². The Bertz CT molecular complexity index is 561. The molecule has 0 aliphatic rings. The highest BCUT2D eigenvalue weighted by atomic mass is 16.5. The molecule has 112 valence electrons. The van der Waals surface area contributed by atoms with Crippen molar-refractivity contribution in [2.75, 3.05) is 32.2 Å². The van der Waals surface area contributed by atoms with Crippen LogP contribution in [0.2, 0.25) is 0 Å². The summed E-state index contributed by atoms with van der Waals surface area (Å²) in [7, 11) is 1.66. The zero-order chi connectivity index (χ0) is 14.9. The molecule has 2 rings (SSSR count). The molecule has 0 aliphatic carbocycles. The number of anilines is 1. The van der Waals surface area contributed by atoms with Gasteiger partial charge in [0, 0.05) is 31.6 Å². The van der Waals surface area contributed by atoms with Gasteiger partial charge in [-0.15, -0.1) is 0 Å². The summed E-state index contributed by atoms with van der Waals surface area (Å²) in [6, 6.07) is 7.84. The lowest BCUT2D eigenvalue weighted by molar-refractivity contribution is 0.146. The van der Waals surface area contributed by atoms with Crippen LogP contribution in [0.3, 0.4) is 0 Å². The van der Waals surface area contributed by atoms with Crippen LogP contribution in [0.5, 0.6) is 5.75 Å². The van der Waals surface area contributed by atoms with Crippen molar-refractivity contribution in [1.82, 2.24) is 9.97 Å². The summed E-state index contributed by atoms with van der Waals surface area (Å²) in [6.07, 6.45) is 4.41. The topological polar surface area (TPSA) is 56.3 Å². The van der Waals surface area contributed by atoms with Crippen molar-refractivity contribution in [3.8, 4) is 17.0 Å². The lowest BCUT2D eigenvalue weighted by Crippen LogP contribution is -2.07. The van der Waals surface area contributed by atoms with Crippen LogP contribution in [-0.4, -0.2) is 36.8 Å². The Morgan fingerprint density at radius 3 is 2.71 bits per heavy atom. The van der Waals surface area contributed by atoms with Gasteiger partial charge >= 0.3 is 0 Å². The minimum absolute atomic E-state index is 0.505. The lowest BCUT2D eigenvalue weighted by Gasteiger charge is -2.13. The molecule has 5 heteroatoms. The average Bonchev–Trinajstić information content (AvgIpc) is 2.54. The van der Waals surface area contributed by atoms with Crippen LogP contribution in [0.4, 0.5) is 5.82 Å².